The molecule has 4 bridgehead atoms. The first-order valence-corrected chi connectivity index (χ1v) is 7.69. The maximum Gasteiger partial charge on any atom is 0.259 e. The van der Waals surface area contributed by atoms with Gasteiger partial charge in [-0.2, -0.15) is 0 Å². The number of fused-ring (bicyclic) bond motifs is 6. The van der Waals surface area contributed by atoms with Crippen molar-refractivity contribution in [3.05, 3.63) is 62.5 Å². The lowest BCUT2D eigenvalue weighted by molar-refractivity contribution is 1.23. The second kappa shape index (κ2) is 4.23. The van der Waals surface area contributed by atoms with E-state index in [9.17, 15) is 19.2 Å². The number of rotatable bonds is 0. The molecule has 6 nitrogen and oxygen atoms in total. The van der Waals surface area contributed by atoms with E-state index in [0.717, 1.165) is 0 Å². The van der Waals surface area contributed by atoms with Crippen LogP contribution in [0.2, 0.25) is 0 Å². The van der Waals surface area contributed by atoms with Crippen LogP contribution in [0.5, 0.6) is 0 Å². The maximum absolute atomic E-state index is 12.2. The number of hydrogen-bond donors (Lipinski definition) is 2. The quantitative estimate of drug-likeness (QED) is 0.449. The summed E-state index contributed by atoms with van der Waals surface area (Å²) >= 11 is 6.51. The zero-order chi connectivity index (χ0) is 15.8. The summed E-state index contributed by atoms with van der Waals surface area (Å²) in [4.78, 5) is 53.4. The van der Waals surface area contributed by atoms with E-state index in [1.54, 1.807) is 0 Å². The Hall–Kier alpha value is -2.06. The van der Waals surface area contributed by atoms with E-state index < -0.39 is 22.2 Å². The Kier molecular flexibility index (Phi) is 2.62. The van der Waals surface area contributed by atoms with Crippen LogP contribution in [0.25, 0.3) is 32.3 Å². The molecule has 2 N–H and O–H groups in total. The van der Waals surface area contributed by atoms with Gasteiger partial charge in [-0.25, -0.2) is 0 Å². The van der Waals surface area contributed by atoms with Crippen molar-refractivity contribution in [2.24, 2.45) is 0 Å². The molecule has 0 saturated carbocycles. The first kappa shape index (κ1) is 13.6. The summed E-state index contributed by atoms with van der Waals surface area (Å²) in [7, 11) is 0. The molecule has 2 aromatic carbocycles. The van der Waals surface area contributed by atoms with Gasteiger partial charge in [0.25, 0.3) is 22.2 Å². The summed E-state index contributed by atoms with van der Waals surface area (Å²) in [5, 5.41) is 1.26. The van der Waals surface area contributed by atoms with Crippen molar-refractivity contribution in [2.75, 3.05) is 0 Å². The number of aromatic amines is 2. The van der Waals surface area contributed by atoms with Crippen molar-refractivity contribution >= 4 is 64.2 Å². The van der Waals surface area contributed by atoms with Gasteiger partial charge in [0.2, 0.25) is 0 Å². The van der Waals surface area contributed by atoms with E-state index in [4.69, 9.17) is 0 Å². The third kappa shape index (κ3) is 1.53. The minimum Gasteiger partial charge on any atom is -0.288 e. The number of aromatic nitrogens is 2. The van der Waals surface area contributed by atoms with Gasteiger partial charge in [0, 0.05) is 30.5 Å². The zero-order valence-electron chi connectivity index (χ0n) is 10.5. The molecule has 0 atom stereocenters. The normalized spacial score (nSPS) is 11.9. The van der Waals surface area contributed by atoms with Crippen LogP contribution in [-0.4, -0.2) is 9.97 Å². The highest BCUT2D eigenvalue weighted by Crippen LogP contribution is 2.36. The van der Waals surface area contributed by atoms with Crippen LogP contribution in [0, 0.1) is 0 Å². The minimum atomic E-state index is -0.612. The van der Waals surface area contributed by atoms with Crippen LogP contribution in [0.15, 0.2) is 40.3 Å². The number of hydrogen-bond acceptors (Lipinski definition) is 4. The number of benzene rings is 2. The number of halogens is 2. The molecule has 0 aliphatic heterocycles. The molecule has 4 aromatic heterocycles. The lowest BCUT2D eigenvalue weighted by Crippen LogP contribution is -2.14. The van der Waals surface area contributed by atoms with Crippen LogP contribution in [0.4, 0.5) is 0 Å². The van der Waals surface area contributed by atoms with Crippen molar-refractivity contribution in [1.82, 2.24) is 9.97 Å². The Balaban J connectivity index is 2.75. The van der Waals surface area contributed by atoms with Crippen molar-refractivity contribution in [3.63, 3.8) is 0 Å². The fourth-order valence-corrected chi connectivity index (χ4v) is 4.05. The number of nitrogens with one attached hydrogen (secondary N) is 2. The smallest absolute Gasteiger partial charge is 0.259 e. The van der Waals surface area contributed by atoms with Crippen molar-refractivity contribution in [3.8, 4) is 0 Å². The summed E-state index contributed by atoms with van der Waals surface area (Å²) in [6.45, 7) is 0. The molecular weight excluding hydrogens is 420 g/mol. The maximum atomic E-state index is 12.2. The van der Waals surface area contributed by atoms with Gasteiger partial charge in [-0.3, -0.25) is 29.1 Å². The topological polar surface area (TPSA) is 99.9 Å². The lowest BCUT2D eigenvalue weighted by Gasteiger charge is -2.04. The van der Waals surface area contributed by atoms with Crippen LogP contribution in [-0.2, 0) is 0 Å². The SMILES string of the molecule is O=c1[nH]c(=O)c2c(Br)cc1c1c3c(Br)cc(c(=O)[nH]c3=O)c21. The first-order chi connectivity index (χ1) is 10.4. The van der Waals surface area contributed by atoms with E-state index in [-0.39, 0.29) is 21.5 Å². The third-order valence-electron chi connectivity index (χ3n) is 3.71. The average Bonchev–Trinajstić information content (AvgIpc) is 2.71. The largest absolute Gasteiger partial charge is 0.288 e. The van der Waals surface area contributed by atoms with Gasteiger partial charge < -0.3 is 0 Å². The molecular formula is C14H4Br2N2O4. The Morgan fingerprint density at radius 2 is 0.955 bits per heavy atom. The molecule has 0 amide bonds. The lowest BCUT2D eigenvalue weighted by atomic mass is 10.00. The Morgan fingerprint density at radius 3 is 1.32 bits per heavy atom. The highest BCUT2D eigenvalue weighted by molar-refractivity contribution is 9.11. The highest BCUT2D eigenvalue weighted by atomic mass is 79.9. The molecule has 0 fully saturated rings. The van der Waals surface area contributed by atoms with Gasteiger partial charge >= 0.3 is 0 Å². The molecule has 4 heterocycles. The number of H-pyrrole nitrogens is 2. The molecule has 0 radical (unpaired) electrons. The van der Waals surface area contributed by atoms with Crippen molar-refractivity contribution in [1.29, 1.82) is 0 Å². The summed E-state index contributed by atoms with van der Waals surface area (Å²) in [6, 6.07) is 2.97. The molecule has 0 aliphatic carbocycles. The predicted octanol–water partition coefficient (Wildman–Crippen LogP) is 1.64. The molecule has 8 heteroatoms. The van der Waals surface area contributed by atoms with Crippen molar-refractivity contribution < 1.29 is 0 Å². The molecule has 6 rings (SSSR count). The molecule has 0 aliphatic rings. The average molecular weight is 424 g/mol. The van der Waals surface area contributed by atoms with Crippen molar-refractivity contribution in [2.45, 2.75) is 0 Å². The van der Waals surface area contributed by atoms with Gasteiger partial charge in [-0.15, -0.1) is 0 Å². The van der Waals surface area contributed by atoms with E-state index >= 15 is 0 Å². The second-order valence-electron chi connectivity index (χ2n) is 4.88. The van der Waals surface area contributed by atoms with E-state index in [0.29, 0.717) is 19.7 Å². The van der Waals surface area contributed by atoms with Crippen LogP contribution >= 0.6 is 31.9 Å². The molecule has 0 unspecified atom stereocenters. The fourth-order valence-electron chi connectivity index (χ4n) is 2.84. The van der Waals surface area contributed by atoms with Crippen LogP contribution in [0.1, 0.15) is 0 Å². The second-order valence-corrected chi connectivity index (χ2v) is 6.59. The van der Waals surface area contributed by atoms with E-state index in [1.807, 2.05) is 0 Å². The fraction of sp³-hybridized carbons (Fsp3) is 0. The molecule has 6 aromatic rings. The van der Waals surface area contributed by atoms with Gasteiger partial charge in [-0.05, 0) is 44.0 Å². The van der Waals surface area contributed by atoms with Gasteiger partial charge in [0.1, 0.15) is 0 Å². The van der Waals surface area contributed by atoms with Gasteiger partial charge in [0.15, 0.2) is 0 Å². The summed E-state index contributed by atoms with van der Waals surface area (Å²) in [5.41, 5.74) is -2.44. The van der Waals surface area contributed by atoms with Crippen LogP contribution in [0.3, 0.4) is 0 Å². The van der Waals surface area contributed by atoms with Gasteiger partial charge in [-0.1, -0.05) is 0 Å². The Bertz CT molecular complexity index is 1220. The highest BCUT2D eigenvalue weighted by Gasteiger charge is 2.20. The molecule has 22 heavy (non-hydrogen) atoms. The predicted molar refractivity (Wildman–Crippen MR) is 90.5 cm³/mol. The molecule has 0 saturated heterocycles. The summed E-state index contributed by atoms with van der Waals surface area (Å²) in [5.74, 6) is 0. The first-order valence-electron chi connectivity index (χ1n) is 6.10. The Labute approximate surface area is 136 Å². The van der Waals surface area contributed by atoms with E-state index in [1.165, 1.54) is 12.1 Å². The van der Waals surface area contributed by atoms with Crippen LogP contribution < -0.4 is 22.2 Å². The minimum absolute atomic E-state index is 0.165. The summed E-state index contributed by atoms with van der Waals surface area (Å²) in [6.07, 6.45) is 0. The molecule has 108 valence electrons. The van der Waals surface area contributed by atoms with Gasteiger partial charge in [0.05, 0.1) is 10.8 Å². The third-order valence-corrected chi connectivity index (χ3v) is 4.96. The standard InChI is InChI=1S/C14H4Br2N2O4/c15-5-1-3-7-8(9(5)13(21)17-11(3)19)4-2-6(16)10(7)14(22)18-12(4)20/h1-2H,(H,17,19,21)(H,18,20,22). The molecule has 0 spiro atoms. The van der Waals surface area contributed by atoms with E-state index in [2.05, 4.69) is 41.8 Å². The Morgan fingerprint density at radius 1 is 0.591 bits per heavy atom. The zero-order valence-corrected chi connectivity index (χ0v) is 13.7. The monoisotopic (exact) mass is 422 g/mol. The summed E-state index contributed by atoms with van der Waals surface area (Å²) < 4.78 is 0.796.